The number of aliphatic hydroxyl groups is 1. The normalized spacial score (nSPS) is 15.9. The van der Waals surface area contributed by atoms with Gasteiger partial charge in [-0.05, 0) is 49.6 Å². The zero-order chi connectivity index (χ0) is 15.6. The van der Waals surface area contributed by atoms with Crippen molar-refractivity contribution in [2.24, 2.45) is 0 Å². The predicted octanol–water partition coefficient (Wildman–Crippen LogP) is 1.73. The summed E-state index contributed by atoms with van der Waals surface area (Å²) in [5, 5.41) is 19.6. The second-order valence-corrected chi connectivity index (χ2v) is 5.66. The summed E-state index contributed by atoms with van der Waals surface area (Å²) in [5.74, 6) is 0.513. The number of H-pyrrole nitrogens is 1. The third-order valence-electron chi connectivity index (χ3n) is 4.07. The van der Waals surface area contributed by atoms with Gasteiger partial charge in [0.05, 0.1) is 18.4 Å². The lowest BCUT2D eigenvalue weighted by molar-refractivity contribution is -0.0300. The van der Waals surface area contributed by atoms with Crippen molar-refractivity contribution in [1.82, 2.24) is 15.5 Å². The number of benzene rings is 1. The third kappa shape index (κ3) is 2.96. The molecule has 0 unspecified atom stereocenters. The second kappa shape index (κ2) is 5.81. The first-order valence-electron chi connectivity index (χ1n) is 7.30. The Morgan fingerprint density at radius 2 is 2.14 bits per heavy atom. The predicted molar refractivity (Wildman–Crippen MR) is 81.7 cm³/mol. The molecule has 0 radical (unpaired) electrons. The van der Waals surface area contributed by atoms with E-state index in [-0.39, 0.29) is 12.5 Å². The number of nitrogens with zero attached hydrogens (tertiary/aromatic N) is 1. The van der Waals surface area contributed by atoms with E-state index in [9.17, 15) is 9.90 Å². The zero-order valence-corrected chi connectivity index (χ0v) is 12.4. The van der Waals surface area contributed by atoms with Crippen LogP contribution >= 0.6 is 0 Å². The molecule has 1 aliphatic rings. The van der Waals surface area contributed by atoms with Gasteiger partial charge >= 0.3 is 0 Å². The Bertz CT molecular complexity index is 660. The summed E-state index contributed by atoms with van der Waals surface area (Å²) in [4.78, 5) is 12.1. The van der Waals surface area contributed by atoms with Gasteiger partial charge in [0, 0.05) is 12.1 Å². The number of aromatic amines is 1. The molecule has 0 bridgehead atoms. The van der Waals surface area contributed by atoms with Crippen LogP contribution < -0.4 is 10.1 Å². The molecule has 116 valence electrons. The van der Waals surface area contributed by atoms with Crippen molar-refractivity contribution in [2.45, 2.75) is 24.9 Å². The lowest BCUT2D eigenvalue weighted by Gasteiger charge is -2.36. The van der Waals surface area contributed by atoms with Crippen LogP contribution in [-0.2, 0) is 0 Å². The van der Waals surface area contributed by atoms with Crippen molar-refractivity contribution < 1.29 is 14.6 Å². The first kappa shape index (κ1) is 14.6. The Balaban J connectivity index is 1.65. The summed E-state index contributed by atoms with van der Waals surface area (Å²) < 4.78 is 5.11. The Hall–Kier alpha value is -2.34. The molecule has 0 saturated heterocycles. The molecule has 0 aliphatic heterocycles. The van der Waals surface area contributed by atoms with Crippen LogP contribution in [0.15, 0.2) is 30.3 Å². The van der Waals surface area contributed by atoms with E-state index >= 15 is 0 Å². The molecule has 1 saturated carbocycles. The molecule has 1 fully saturated rings. The molecular formula is C16H19N3O3. The topological polar surface area (TPSA) is 87.2 Å². The number of methoxy groups -OCH3 is 1. The summed E-state index contributed by atoms with van der Waals surface area (Å²) in [6.45, 7) is 0.280. The van der Waals surface area contributed by atoms with Gasteiger partial charge in [-0.25, -0.2) is 0 Å². The van der Waals surface area contributed by atoms with E-state index in [1.165, 1.54) is 0 Å². The quantitative estimate of drug-likeness (QED) is 0.785. The van der Waals surface area contributed by atoms with Crippen molar-refractivity contribution in [3.05, 3.63) is 36.0 Å². The van der Waals surface area contributed by atoms with Crippen LogP contribution in [0.3, 0.4) is 0 Å². The molecule has 22 heavy (non-hydrogen) atoms. The number of hydrogen-bond acceptors (Lipinski definition) is 4. The summed E-state index contributed by atoms with van der Waals surface area (Å²) >= 11 is 0. The Labute approximate surface area is 128 Å². The molecule has 6 nitrogen and oxygen atoms in total. The van der Waals surface area contributed by atoms with E-state index in [0.717, 1.165) is 30.6 Å². The number of nitrogens with one attached hydrogen (secondary N) is 2. The molecule has 1 amide bonds. The second-order valence-electron chi connectivity index (χ2n) is 5.66. The molecule has 3 rings (SSSR count). The zero-order valence-electron chi connectivity index (χ0n) is 12.4. The van der Waals surface area contributed by atoms with Crippen molar-refractivity contribution in [1.29, 1.82) is 0 Å². The van der Waals surface area contributed by atoms with Crippen molar-refractivity contribution in [3.8, 4) is 17.0 Å². The summed E-state index contributed by atoms with van der Waals surface area (Å²) in [6, 6.07) is 9.15. The number of carbonyl (C=O) groups is 1. The summed E-state index contributed by atoms with van der Waals surface area (Å²) in [7, 11) is 1.61. The van der Waals surface area contributed by atoms with Crippen LogP contribution in [0.2, 0.25) is 0 Å². The SMILES string of the molecule is COc1ccc(-c2cc(C(=O)NCC3(O)CCC3)[nH]n2)cc1. The van der Waals surface area contributed by atoms with Gasteiger partial charge < -0.3 is 15.2 Å². The summed E-state index contributed by atoms with van der Waals surface area (Å²) in [5.41, 5.74) is 1.24. The van der Waals surface area contributed by atoms with E-state index in [1.807, 2.05) is 24.3 Å². The van der Waals surface area contributed by atoms with Gasteiger partial charge in [0.2, 0.25) is 0 Å². The third-order valence-corrected chi connectivity index (χ3v) is 4.07. The van der Waals surface area contributed by atoms with E-state index in [2.05, 4.69) is 15.5 Å². The summed E-state index contributed by atoms with van der Waals surface area (Å²) in [6.07, 6.45) is 2.50. The fraction of sp³-hybridized carbons (Fsp3) is 0.375. The maximum absolute atomic E-state index is 12.1. The first-order valence-corrected chi connectivity index (χ1v) is 7.30. The minimum atomic E-state index is -0.728. The fourth-order valence-electron chi connectivity index (χ4n) is 2.45. The Kier molecular flexibility index (Phi) is 3.85. The number of amides is 1. The average molecular weight is 301 g/mol. The van der Waals surface area contributed by atoms with Gasteiger partial charge in [-0.3, -0.25) is 9.89 Å². The lowest BCUT2D eigenvalue weighted by Crippen LogP contribution is -2.47. The smallest absolute Gasteiger partial charge is 0.269 e. The van der Waals surface area contributed by atoms with E-state index < -0.39 is 5.60 Å². The molecule has 1 aliphatic carbocycles. The first-order chi connectivity index (χ1) is 10.6. The lowest BCUT2D eigenvalue weighted by atomic mass is 9.80. The van der Waals surface area contributed by atoms with Crippen LogP contribution in [0.5, 0.6) is 5.75 Å². The molecule has 0 spiro atoms. The maximum atomic E-state index is 12.1. The minimum absolute atomic E-state index is 0.257. The molecule has 0 atom stereocenters. The van der Waals surface area contributed by atoms with Crippen LogP contribution in [0.25, 0.3) is 11.3 Å². The number of aromatic nitrogens is 2. The highest BCUT2D eigenvalue weighted by molar-refractivity contribution is 5.93. The number of hydrogen-bond donors (Lipinski definition) is 3. The molecule has 2 aromatic rings. The van der Waals surface area contributed by atoms with Gasteiger partial charge in [0.15, 0.2) is 0 Å². The van der Waals surface area contributed by atoms with Gasteiger partial charge in [0.25, 0.3) is 5.91 Å². The van der Waals surface area contributed by atoms with Crippen LogP contribution in [-0.4, -0.2) is 40.5 Å². The van der Waals surface area contributed by atoms with E-state index in [4.69, 9.17) is 4.74 Å². The molecule has 1 aromatic heterocycles. The minimum Gasteiger partial charge on any atom is -0.497 e. The number of ether oxygens (including phenoxy) is 1. The monoisotopic (exact) mass is 301 g/mol. The molecule has 1 aromatic carbocycles. The number of carbonyl (C=O) groups excluding carboxylic acids is 1. The highest BCUT2D eigenvalue weighted by Crippen LogP contribution is 2.30. The molecular weight excluding hydrogens is 282 g/mol. The van der Waals surface area contributed by atoms with Gasteiger partial charge in [-0.1, -0.05) is 0 Å². The van der Waals surface area contributed by atoms with Crippen LogP contribution in [0, 0.1) is 0 Å². The standard InChI is InChI=1S/C16H19N3O3/c1-22-12-5-3-11(4-6-12)13-9-14(19-18-13)15(20)17-10-16(21)7-2-8-16/h3-6,9,21H,2,7-8,10H2,1H3,(H,17,20)(H,18,19). The van der Waals surface area contributed by atoms with Gasteiger partial charge in [0.1, 0.15) is 11.4 Å². The highest BCUT2D eigenvalue weighted by atomic mass is 16.5. The Morgan fingerprint density at radius 1 is 1.41 bits per heavy atom. The van der Waals surface area contributed by atoms with E-state index in [0.29, 0.717) is 11.4 Å². The molecule has 1 heterocycles. The highest BCUT2D eigenvalue weighted by Gasteiger charge is 2.34. The molecule has 3 N–H and O–H groups in total. The van der Waals surface area contributed by atoms with Gasteiger partial charge in [-0.15, -0.1) is 0 Å². The fourth-order valence-corrected chi connectivity index (χ4v) is 2.45. The van der Waals surface area contributed by atoms with Gasteiger partial charge in [-0.2, -0.15) is 5.10 Å². The molecule has 6 heteroatoms. The van der Waals surface area contributed by atoms with Crippen molar-refractivity contribution >= 4 is 5.91 Å². The number of rotatable bonds is 5. The Morgan fingerprint density at radius 3 is 2.73 bits per heavy atom. The van der Waals surface area contributed by atoms with Crippen molar-refractivity contribution in [2.75, 3.05) is 13.7 Å². The average Bonchev–Trinajstić information content (AvgIpc) is 3.01. The maximum Gasteiger partial charge on any atom is 0.269 e. The van der Waals surface area contributed by atoms with E-state index in [1.54, 1.807) is 13.2 Å². The van der Waals surface area contributed by atoms with Crippen LogP contribution in [0.4, 0.5) is 0 Å². The largest absolute Gasteiger partial charge is 0.497 e. The van der Waals surface area contributed by atoms with Crippen molar-refractivity contribution in [3.63, 3.8) is 0 Å². The van der Waals surface area contributed by atoms with Crippen LogP contribution in [0.1, 0.15) is 29.8 Å².